The van der Waals surface area contributed by atoms with E-state index in [4.69, 9.17) is 14.2 Å². The highest BCUT2D eigenvalue weighted by Crippen LogP contribution is 2.50. The van der Waals surface area contributed by atoms with Crippen LogP contribution >= 0.6 is 0 Å². The molecule has 4 aliphatic heterocycles. The first kappa shape index (κ1) is 22.5. The fraction of sp³-hybridized carbons (Fsp3) is 0.440. The second-order valence-corrected chi connectivity index (χ2v) is 8.86. The van der Waals surface area contributed by atoms with Gasteiger partial charge < -0.3 is 29.8 Å². The summed E-state index contributed by atoms with van der Waals surface area (Å²) in [4.78, 5) is 23.6. The summed E-state index contributed by atoms with van der Waals surface area (Å²) in [6.45, 7) is 6.20. The standard InChI is InChI=1S/C17H18O6.C8H11N/c1-7-11-8(2)13-15(14(21-11)12(7)22-13)23-17(20)10-6-4-3-5-9(10)16(18)19;1-7(9)8-5-3-2-4-6-8/h3-8,11-15H,1-2H3,(H,18,19);2-7H,9H2,1H3/t7-,8+,11?,12+,13-,14-,15-;7-/m01/s1. The van der Waals surface area contributed by atoms with E-state index in [0.29, 0.717) is 6.04 Å². The predicted octanol–water partition coefficient (Wildman–Crippen LogP) is 1.39. The molecule has 0 aromatic heterocycles. The lowest BCUT2D eigenvalue weighted by Crippen LogP contribution is -2.51. The lowest BCUT2D eigenvalue weighted by molar-refractivity contribution is -0.420. The summed E-state index contributed by atoms with van der Waals surface area (Å²) in [6, 6.07) is 16.6. The van der Waals surface area contributed by atoms with Crippen LogP contribution in [0.4, 0.5) is 0 Å². The van der Waals surface area contributed by atoms with Crippen LogP contribution in [0.25, 0.3) is 0 Å². The Morgan fingerprint density at radius 2 is 1.44 bits per heavy atom. The van der Waals surface area contributed by atoms with Crippen LogP contribution in [0, 0.1) is 11.8 Å². The molecule has 0 amide bonds. The van der Waals surface area contributed by atoms with E-state index >= 15 is 0 Å². The second kappa shape index (κ2) is 9.02. The van der Waals surface area contributed by atoms with Gasteiger partial charge in [-0.15, -0.1) is 0 Å². The fourth-order valence-electron chi connectivity index (χ4n) is 4.94. The molecule has 1 unspecified atom stereocenters. The van der Waals surface area contributed by atoms with E-state index in [1.807, 2.05) is 25.1 Å². The van der Waals surface area contributed by atoms with Crippen LogP contribution in [0.5, 0.6) is 0 Å². The summed E-state index contributed by atoms with van der Waals surface area (Å²) < 4.78 is 17.5. The van der Waals surface area contributed by atoms with Crippen LogP contribution in [0.1, 0.15) is 53.1 Å². The van der Waals surface area contributed by atoms with Gasteiger partial charge in [-0.25, -0.2) is 4.79 Å². The Balaban J connectivity index is 0.000000230. The smallest absolute Gasteiger partial charge is 0.339 e. The summed E-state index contributed by atoms with van der Waals surface area (Å²) in [5.41, 5.74) is 5.03. The maximum absolute atomic E-state index is 12.4. The molecule has 4 bridgehead atoms. The molecule has 4 heterocycles. The molecule has 2 aromatic rings. The number of hydrogen-bond donors (Lipinski definition) is 1. The SMILES string of the molecule is C[C@@H]([NH3+])c1ccccc1.C[C@@H]1C2O[C@@H]3[C@@H](OC(=O)c4ccccc4C(=O)[O-])[C@H]1O[C@@H]3[C@H]2C. The third kappa shape index (κ3) is 4.03. The number of rotatable bonds is 4. The molecule has 2 aromatic carbocycles. The summed E-state index contributed by atoms with van der Waals surface area (Å²) >= 11 is 0. The molecule has 0 radical (unpaired) electrons. The highest BCUT2D eigenvalue weighted by molar-refractivity contribution is 6.01. The minimum absolute atomic E-state index is 0.00878. The van der Waals surface area contributed by atoms with Gasteiger partial charge in [-0.1, -0.05) is 62.4 Å². The number of quaternary nitrogens is 1. The molecule has 8 atom stereocenters. The van der Waals surface area contributed by atoms with Gasteiger partial charge in [0.15, 0.2) is 6.10 Å². The first-order valence-corrected chi connectivity index (χ1v) is 11.0. The maximum Gasteiger partial charge on any atom is 0.339 e. The zero-order valence-corrected chi connectivity index (χ0v) is 18.5. The van der Waals surface area contributed by atoms with Gasteiger partial charge in [0.05, 0.1) is 23.7 Å². The number of hydrogen-bond acceptors (Lipinski definition) is 6. The molecule has 0 spiro atoms. The number of benzene rings is 2. The van der Waals surface area contributed by atoms with E-state index in [-0.39, 0.29) is 47.4 Å². The van der Waals surface area contributed by atoms with Crippen LogP contribution < -0.4 is 10.8 Å². The third-order valence-corrected chi connectivity index (χ3v) is 6.65. The Bertz CT molecular complexity index is 973. The van der Waals surface area contributed by atoms with Gasteiger partial charge in [0, 0.05) is 23.0 Å². The number of ether oxygens (including phenoxy) is 3. The van der Waals surface area contributed by atoms with Gasteiger partial charge in [0.1, 0.15) is 18.2 Å². The van der Waals surface area contributed by atoms with Gasteiger partial charge in [-0.05, 0) is 13.0 Å². The molecule has 32 heavy (non-hydrogen) atoms. The zero-order chi connectivity index (χ0) is 23.0. The average molecular weight is 440 g/mol. The molecule has 6 rings (SSSR count). The average Bonchev–Trinajstić information content (AvgIpc) is 3.23. The number of carboxylic acids is 1. The lowest BCUT2D eigenvalue weighted by atomic mass is 9.87. The van der Waals surface area contributed by atoms with Crippen LogP contribution in [-0.2, 0) is 14.2 Å². The zero-order valence-electron chi connectivity index (χ0n) is 18.5. The lowest BCUT2D eigenvalue weighted by Gasteiger charge is -2.38. The number of carbonyl (C=O) groups is 2. The molecular weight excluding hydrogens is 410 g/mol. The Morgan fingerprint density at radius 1 is 0.875 bits per heavy atom. The first-order chi connectivity index (χ1) is 15.3. The van der Waals surface area contributed by atoms with Crippen LogP contribution in [-0.4, -0.2) is 42.5 Å². The number of esters is 1. The Kier molecular flexibility index (Phi) is 6.33. The largest absolute Gasteiger partial charge is 0.545 e. The van der Waals surface area contributed by atoms with Crippen molar-refractivity contribution in [2.24, 2.45) is 11.8 Å². The monoisotopic (exact) mass is 439 g/mol. The first-order valence-electron chi connectivity index (χ1n) is 11.0. The van der Waals surface area contributed by atoms with E-state index < -0.39 is 18.0 Å². The van der Waals surface area contributed by atoms with Crippen molar-refractivity contribution in [3.63, 3.8) is 0 Å². The van der Waals surface area contributed by atoms with E-state index in [9.17, 15) is 14.7 Å². The Hall–Kier alpha value is -2.74. The molecule has 170 valence electrons. The van der Waals surface area contributed by atoms with E-state index in [1.54, 1.807) is 6.07 Å². The van der Waals surface area contributed by atoms with Crippen molar-refractivity contribution >= 4 is 11.9 Å². The molecule has 3 N–H and O–H groups in total. The highest BCUT2D eigenvalue weighted by Gasteiger charge is 2.65. The minimum Gasteiger partial charge on any atom is -0.545 e. The number of aromatic carboxylic acids is 1. The molecule has 4 aliphatic rings. The molecule has 4 saturated heterocycles. The second-order valence-electron chi connectivity index (χ2n) is 8.86. The third-order valence-electron chi connectivity index (χ3n) is 6.65. The van der Waals surface area contributed by atoms with Crippen molar-refractivity contribution in [1.29, 1.82) is 0 Å². The van der Waals surface area contributed by atoms with E-state index in [1.165, 1.54) is 23.8 Å². The van der Waals surface area contributed by atoms with Crippen molar-refractivity contribution < 1.29 is 34.6 Å². The van der Waals surface area contributed by atoms with Gasteiger partial charge in [0.2, 0.25) is 0 Å². The molecule has 7 nitrogen and oxygen atoms in total. The van der Waals surface area contributed by atoms with E-state index in [2.05, 4.69) is 31.7 Å². The Morgan fingerprint density at radius 3 is 2.03 bits per heavy atom. The topological polar surface area (TPSA) is 113 Å². The number of carboxylic acid groups (broad SMARTS) is 1. The van der Waals surface area contributed by atoms with Crippen molar-refractivity contribution in [3.8, 4) is 0 Å². The highest BCUT2D eigenvalue weighted by atomic mass is 16.6. The van der Waals surface area contributed by atoms with Gasteiger partial charge in [-0.2, -0.15) is 0 Å². The summed E-state index contributed by atoms with van der Waals surface area (Å²) in [7, 11) is 0. The van der Waals surface area contributed by atoms with Crippen molar-refractivity contribution in [2.45, 2.75) is 57.3 Å². The normalized spacial score (nSPS) is 32.7. The van der Waals surface area contributed by atoms with Gasteiger partial charge in [-0.3, -0.25) is 0 Å². The minimum atomic E-state index is -1.40. The molecular formula is C25H29NO6. The van der Waals surface area contributed by atoms with Gasteiger partial charge in [0.25, 0.3) is 0 Å². The van der Waals surface area contributed by atoms with Crippen LogP contribution in [0.3, 0.4) is 0 Å². The van der Waals surface area contributed by atoms with Crippen molar-refractivity contribution in [2.75, 3.05) is 0 Å². The molecule has 0 saturated carbocycles. The molecule has 4 fully saturated rings. The quantitative estimate of drug-likeness (QED) is 0.721. The molecule has 0 aliphatic carbocycles. The van der Waals surface area contributed by atoms with Crippen molar-refractivity contribution in [1.82, 2.24) is 0 Å². The van der Waals surface area contributed by atoms with E-state index in [0.717, 1.165) is 0 Å². The Labute approximate surface area is 187 Å². The fourth-order valence-corrected chi connectivity index (χ4v) is 4.94. The predicted molar refractivity (Wildman–Crippen MR) is 113 cm³/mol. The number of carbonyl (C=O) groups excluding carboxylic acids is 2. The van der Waals surface area contributed by atoms with Crippen LogP contribution in [0.2, 0.25) is 0 Å². The summed E-state index contributed by atoms with van der Waals surface area (Å²) in [5.74, 6) is -1.68. The van der Waals surface area contributed by atoms with Crippen LogP contribution in [0.15, 0.2) is 54.6 Å². The van der Waals surface area contributed by atoms with Gasteiger partial charge >= 0.3 is 5.97 Å². The summed E-state index contributed by atoms with van der Waals surface area (Å²) in [6.07, 6.45) is -0.891. The summed E-state index contributed by atoms with van der Waals surface area (Å²) in [5, 5.41) is 11.1. The molecule has 7 heteroatoms. The maximum atomic E-state index is 12.4. The van der Waals surface area contributed by atoms with Crippen molar-refractivity contribution in [3.05, 3.63) is 71.3 Å².